The van der Waals surface area contributed by atoms with E-state index in [1.807, 2.05) is 37.2 Å². The lowest BCUT2D eigenvalue weighted by atomic mass is 10.0. The van der Waals surface area contributed by atoms with Gasteiger partial charge < -0.3 is 25.2 Å². The van der Waals surface area contributed by atoms with Gasteiger partial charge in [0.1, 0.15) is 11.6 Å². The maximum atomic E-state index is 13.8. The number of benzene rings is 3. The summed E-state index contributed by atoms with van der Waals surface area (Å²) in [5, 5.41) is 14.4. The van der Waals surface area contributed by atoms with E-state index in [2.05, 4.69) is 20.8 Å². The first-order valence-corrected chi connectivity index (χ1v) is 14.4. The Balaban J connectivity index is 1.28. The van der Waals surface area contributed by atoms with Crippen LogP contribution >= 0.6 is 0 Å². The van der Waals surface area contributed by atoms with Crippen LogP contribution in [0.2, 0.25) is 0 Å². The summed E-state index contributed by atoms with van der Waals surface area (Å²) >= 11 is 0. The van der Waals surface area contributed by atoms with Gasteiger partial charge in [0.25, 0.3) is 11.8 Å². The predicted molar refractivity (Wildman–Crippen MR) is 160 cm³/mol. The van der Waals surface area contributed by atoms with Gasteiger partial charge in [0, 0.05) is 61.6 Å². The van der Waals surface area contributed by atoms with Crippen LogP contribution in [0.4, 0.5) is 20.3 Å². The van der Waals surface area contributed by atoms with Crippen LogP contribution < -0.4 is 10.6 Å². The maximum absolute atomic E-state index is 13.8. The number of amides is 2. The number of rotatable bonds is 9. The van der Waals surface area contributed by atoms with Crippen LogP contribution in [0.25, 0.3) is 10.9 Å². The minimum atomic E-state index is -0.630. The molecular formula is C32H34F2N6O3. The van der Waals surface area contributed by atoms with Crippen LogP contribution in [0.15, 0.2) is 48.5 Å². The van der Waals surface area contributed by atoms with Crippen LogP contribution in [0.5, 0.6) is 0 Å². The van der Waals surface area contributed by atoms with Crippen LogP contribution in [0, 0.1) is 11.6 Å². The number of fused-ring (bicyclic) bond motifs is 2. The first kappa shape index (κ1) is 28.8. The Morgan fingerprint density at radius 1 is 1.07 bits per heavy atom. The number of hydrogen-bond donors (Lipinski definition) is 3. The lowest BCUT2D eigenvalue weighted by Gasteiger charge is -2.25. The maximum Gasteiger partial charge on any atom is 0.258 e. The van der Waals surface area contributed by atoms with Crippen molar-refractivity contribution in [2.24, 2.45) is 0 Å². The van der Waals surface area contributed by atoms with E-state index in [0.717, 1.165) is 36.6 Å². The number of H-pyrrole nitrogens is 1. The highest BCUT2D eigenvalue weighted by Crippen LogP contribution is 2.32. The van der Waals surface area contributed by atoms with Crippen LogP contribution in [-0.4, -0.2) is 78.3 Å². The quantitative estimate of drug-likeness (QED) is 0.260. The van der Waals surface area contributed by atoms with E-state index in [-0.39, 0.29) is 17.9 Å². The van der Waals surface area contributed by atoms with Crippen molar-refractivity contribution < 1.29 is 23.1 Å². The highest BCUT2D eigenvalue weighted by Gasteiger charge is 2.30. The molecule has 11 heteroatoms. The molecule has 0 unspecified atom stereocenters. The summed E-state index contributed by atoms with van der Waals surface area (Å²) in [5.74, 6) is -1.32. The SMILES string of the molecule is CN(C)CCN1Cc2cc(C(=O)Nc3n[nH]c4ccc(Cc5cc(F)cc(F)c5)cc34)c(NC3CCOCC3)cc2C1=O. The largest absolute Gasteiger partial charge is 0.381 e. The fourth-order valence-electron chi connectivity index (χ4n) is 5.68. The number of anilines is 2. The molecule has 1 aromatic heterocycles. The minimum absolute atomic E-state index is 0.0390. The molecular weight excluding hydrogens is 554 g/mol. The average molecular weight is 589 g/mol. The zero-order valence-electron chi connectivity index (χ0n) is 24.2. The number of likely N-dealkylation sites (N-methyl/N-ethyl adjacent to an activating group) is 1. The van der Waals surface area contributed by atoms with E-state index >= 15 is 0 Å². The van der Waals surface area contributed by atoms with E-state index in [9.17, 15) is 18.4 Å². The summed E-state index contributed by atoms with van der Waals surface area (Å²) in [5.41, 5.74) is 4.46. The highest BCUT2D eigenvalue weighted by atomic mass is 19.1. The first-order chi connectivity index (χ1) is 20.7. The molecule has 3 N–H and O–H groups in total. The van der Waals surface area contributed by atoms with Crippen molar-refractivity contribution in [3.05, 3.63) is 88.0 Å². The van der Waals surface area contributed by atoms with E-state index in [4.69, 9.17) is 4.74 Å². The Hall–Kier alpha value is -4.35. The number of hydrogen-bond acceptors (Lipinski definition) is 6. The Kier molecular flexibility index (Phi) is 8.09. The molecule has 2 aliphatic rings. The summed E-state index contributed by atoms with van der Waals surface area (Å²) in [7, 11) is 3.93. The van der Waals surface area contributed by atoms with Gasteiger partial charge in [-0.2, -0.15) is 5.10 Å². The smallest absolute Gasteiger partial charge is 0.258 e. The summed E-state index contributed by atoms with van der Waals surface area (Å²) in [6.45, 7) is 3.03. The summed E-state index contributed by atoms with van der Waals surface area (Å²) in [6, 6.07) is 12.7. The van der Waals surface area contributed by atoms with E-state index in [1.165, 1.54) is 12.1 Å². The van der Waals surface area contributed by atoms with Gasteiger partial charge in [0.2, 0.25) is 0 Å². The standard InChI is InChI=1S/C32H34F2N6O3/c1-39(2)7-8-40-18-21-15-27(29(17-25(21)32(40)42)35-24-5-9-43-10-6-24)31(41)36-30-26-14-19(3-4-28(26)37-38-30)11-20-12-22(33)16-23(34)13-20/h3-4,12-17,24,35H,5-11,18H2,1-2H3,(H2,36,37,38,41). The lowest BCUT2D eigenvalue weighted by molar-refractivity contribution is 0.0768. The molecule has 0 spiro atoms. The van der Waals surface area contributed by atoms with Crippen molar-refractivity contribution in [3.63, 3.8) is 0 Å². The van der Waals surface area contributed by atoms with E-state index < -0.39 is 11.6 Å². The van der Waals surface area contributed by atoms with Gasteiger partial charge in [-0.05, 0) is 86.4 Å². The Morgan fingerprint density at radius 3 is 2.58 bits per heavy atom. The third-order valence-electron chi connectivity index (χ3n) is 7.95. The van der Waals surface area contributed by atoms with Gasteiger partial charge in [-0.15, -0.1) is 0 Å². The monoisotopic (exact) mass is 588 g/mol. The van der Waals surface area contributed by atoms with Gasteiger partial charge in [0.05, 0.1) is 11.1 Å². The first-order valence-electron chi connectivity index (χ1n) is 14.4. The lowest BCUT2D eigenvalue weighted by Crippen LogP contribution is -2.32. The molecule has 43 heavy (non-hydrogen) atoms. The molecule has 0 radical (unpaired) electrons. The Labute approximate surface area is 248 Å². The Morgan fingerprint density at radius 2 is 1.84 bits per heavy atom. The van der Waals surface area contributed by atoms with Crippen LogP contribution in [0.3, 0.4) is 0 Å². The number of carbonyl (C=O) groups is 2. The molecule has 3 aromatic carbocycles. The summed E-state index contributed by atoms with van der Waals surface area (Å²) < 4.78 is 33.0. The molecule has 0 atom stereocenters. The number of carbonyl (C=O) groups excluding carboxylic acids is 2. The van der Waals surface area contributed by atoms with E-state index in [1.54, 1.807) is 17.0 Å². The molecule has 1 fully saturated rings. The number of aromatic amines is 1. The predicted octanol–water partition coefficient (Wildman–Crippen LogP) is 4.79. The molecule has 9 nitrogen and oxygen atoms in total. The third-order valence-corrected chi connectivity index (χ3v) is 7.95. The highest BCUT2D eigenvalue weighted by molar-refractivity contribution is 6.12. The summed E-state index contributed by atoms with van der Waals surface area (Å²) in [6.07, 6.45) is 1.90. The van der Waals surface area contributed by atoms with Crippen molar-refractivity contribution in [2.75, 3.05) is 51.0 Å². The molecule has 0 saturated carbocycles. The zero-order valence-corrected chi connectivity index (χ0v) is 24.2. The van der Waals surface area contributed by atoms with Gasteiger partial charge in [-0.25, -0.2) is 8.78 Å². The topological polar surface area (TPSA) is 103 Å². The van der Waals surface area contributed by atoms with Gasteiger partial charge in [0.15, 0.2) is 5.82 Å². The van der Waals surface area contributed by atoms with Crippen molar-refractivity contribution in [2.45, 2.75) is 31.8 Å². The van der Waals surface area contributed by atoms with Crippen molar-refractivity contribution in [1.29, 1.82) is 0 Å². The Bertz CT molecular complexity index is 1660. The minimum Gasteiger partial charge on any atom is -0.381 e. The number of aromatic nitrogens is 2. The van der Waals surface area contributed by atoms with Gasteiger partial charge >= 0.3 is 0 Å². The zero-order chi connectivity index (χ0) is 30.1. The van der Waals surface area contributed by atoms with Crippen molar-refractivity contribution in [1.82, 2.24) is 20.0 Å². The molecule has 0 aliphatic carbocycles. The number of halogens is 2. The second-order valence-corrected chi connectivity index (χ2v) is 11.5. The molecule has 2 aliphatic heterocycles. The van der Waals surface area contributed by atoms with Crippen LogP contribution in [-0.2, 0) is 17.7 Å². The summed E-state index contributed by atoms with van der Waals surface area (Å²) in [4.78, 5) is 30.9. The molecule has 224 valence electrons. The molecule has 1 saturated heterocycles. The second kappa shape index (κ2) is 12.1. The van der Waals surface area contributed by atoms with E-state index in [0.29, 0.717) is 71.8 Å². The number of nitrogens with one attached hydrogen (secondary N) is 3. The fourth-order valence-corrected chi connectivity index (χ4v) is 5.68. The van der Waals surface area contributed by atoms with Crippen molar-refractivity contribution >= 4 is 34.2 Å². The van der Waals surface area contributed by atoms with Crippen molar-refractivity contribution in [3.8, 4) is 0 Å². The second-order valence-electron chi connectivity index (χ2n) is 11.5. The van der Waals surface area contributed by atoms with Gasteiger partial charge in [-0.3, -0.25) is 14.7 Å². The molecule has 0 bridgehead atoms. The molecule has 2 amide bonds. The normalized spacial score (nSPS) is 15.4. The number of ether oxygens (including phenoxy) is 1. The van der Waals surface area contributed by atoms with Gasteiger partial charge in [-0.1, -0.05) is 6.07 Å². The molecule has 3 heterocycles. The fraction of sp³-hybridized carbons (Fsp3) is 0.344. The number of nitrogens with zero attached hydrogens (tertiary/aromatic N) is 3. The molecule has 6 rings (SSSR count). The third kappa shape index (κ3) is 6.37. The average Bonchev–Trinajstić information content (AvgIpc) is 3.51. The molecule has 4 aromatic rings. The van der Waals surface area contributed by atoms with Crippen LogP contribution in [0.1, 0.15) is 50.2 Å².